The highest BCUT2D eigenvalue weighted by atomic mass is 16.5. The molecular weight excluding hydrogens is 360 g/mol. The van der Waals surface area contributed by atoms with Crippen molar-refractivity contribution >= 4 is 11.8 Å². The molecule has 8 nitrogen and oxygen atoms in total. The molecule has 0 radical (unpaired) electrons. The third kappa shape index (κ3) is 3.40. The number of benzene rings is 1. The van der Waals surface area contributed by atoms with Crippen LogP contribution < -0.4 is 5.32 Å². The molecule has 0 spiro atoms. The Morgan fingerprint density at radius 3 is 2.68 bits per heavy atom. The molecule has 2 unspecified atom stereocenters. The number of amides is 2. The van der Waals surface area contributed by atoms with Gasteiger partial charge >= 0.3 is 0 Å². The Balaban J connectivity index is 1.59. The largest absolute Gasteiger partial charge is 0.459 e. The Morgan fingerprint density at radius 2 is 2.00 bits per heavy atom. The van der Waals surface area contributed by atoms with Gasteiger partial charge in [-0.15, -0.1) is 0 Å². The number of aryl methyl sites for hydroxylation is 1. The number of hydrogen-bond acceptors (Lipinski definition) is 6. The van der Waals surface area contributed by atoms with E-state index in [0.29, 0.717) is 24.7 Å². The van der Waals surface area contributed by atoms with Gasteiger partial charge in [0.2, 0.25) is 11.8 Å². The third-order valence-electron chi connectivity index (χ3n) is 4.82. The van der Waals surface area contributed by atoms with Gasteiger partial charge < -0.3 is 19.2 Å². The topological polar surface area (TPSA) is 101 Å². The van der Waals surface area contributed by atoms with E-state index in [4.69, 9.17) is 8.94 Å². The highest BCUT2D eigenvalue weighted by Gasteiger charge is 2.36. The third-order valence-corrected chi connectivity index (χ3v) is 4.82. The lowest BCUT2D eigenvalue weighted by Gasteiger charge is -2.35. The van der Waals surface area contributed by atoms with Crippen LogP contribution in [0.2, 0.25) is 0 Å². The van der Waals surface area contributed by atoms with Crippen LogP contribution in [0, 0.1) is 6.92 Å². The molecule has 1 aliphatic rings. The number of hydrogen-bond donors (Lipinski definition) is 1. The van der Waals surface area contributed by atoms with Crippen LogP contribution >= 0.6 is 0 Å². The highest BCUT2D eigenvalue weighted by Crippen LogP contribution is 2.26. The van der Waals surface area contributed by atoms with Gasteiger partial charge in [0.25, 0.3) is 5.91 Å². The Hall–Kier alpha value is -3.42. The van der Waals surface area contributed by atoms with E-state index in [9.17, 15) is 9.59 Å². The van der Waals surface area contributed by atoms with Gasteiger partial charge in [0.15, 0.2) is 11.6 Å². The number of fused-ring (bicyclic) bond motifs is 1. The molecule has 3 heterocycles. The molecule has 1 aliphatic heterocycles. The van der Waals surface area contributed by atoms with E-state index in [1.54, 1.807) is 30.9 Å². The first-order chi connectivity index (χ1) is 13.5. The van der Waals surface area contributed by atoms with Gasteiger partial charge in [0.05, 0.1) is 6.26 Å². The summed E-state index contributed by atoms with van der Waals surface area (Å²) in [5.74, 6) is 0.430. The van der Waals surface area contributed by atoms with Crippen molar-refractivity contribution in [2.45, 2.75) is 38.9 Å². The van der Waals surface area contributed by atoms with Crippen molar-refractivity contribution in [3.63, 3.8) is 0 Å². The van der Waals surface area contributed by atoms with E-state index in [1.807, 2.05) is 24.3 Å². The van der Waals surface area contributed by atoms with Gasteiger partial charge in [-0.25, -0.2) is 0 Å². The Morgan fingerprint density at radius 1 is 1.21 bits per heavy atom. The van der Waals surface area contributed by atoms with Crippen molar-refractivity contribution in [1.82, 2.24) is 20.4 Å². The number of carbonyl (C=O) groups is 2. The number of rotatable bonds is 4. The average Bonchev–Trinajstić information content (AvgIpc) is 3.38. The van der Waals surface area contributed by atoms with Crippen LogP contribution in [-0.4, -0.2) is 32.9 Å². The fourth-order valence-electron chi connectivity index (χ4n) is 3.37. The summed E-state index contributed by atoms with van der Waals surface area (Å²) in [6.07, 6.45) is 1.87. The summed E-state index contributed by atoms with van der Waals surface area (Å²) in [6, 6.07) is 9.92. The van der Waals surface area contributed by atoms with E-state index in [1.165, 1.54) is 6.26 Å². The number of nitrogens with one attached hydrogen (secondary N) is 1. The molecule has 3 aromatic rings. The minimum Gasteiger partial charge on any atom is -0.459 e. The molecule has 1 aromatic carbocycles. The van der Waals surface area contributed by atoms with Crippen LogP contribution in [0.4, 0.5) is 0 Å². The molecule has 0 bridgehead atoms. The number of aromatic nitrogens is 2. The van der Waals surface area contributed by atoms with Gasteiger partial charge in [-0.05, 0) is 37.1 Å². The Labute approximate surface area is 161 Å². The zero-order chi connectivity index (χ0) is 19.7. The van der Waals surface area contributed by atoms with Crippen LogP contribution in [0.5, 0.6) is 0 Å². The molecule has 144 valence electrons. The minimum absolute atomic E-state index is 0.206. The summed E-state index contributed by atoms with van der Waals surface area (Å²) in [5.41, 5.74) is 2.07. The number of furan rings is 1. The number of carbonyl (C=O) groups excluding carboxylic acids is 2. The maximum absolute atomic E-state index is 13.1. The lowest BCUT2D eigenvalue weighted by molar-refractivity contribution is -0.127. The zero-order valence-corrected chi connectivity index (χ0v) is 15.6. The second kappa shape index (κ2) is 7.30. The minimum atomic E-state index is -0.668. The summed E-state index contributed by atoms with van der Waals surface area (Å²) in [5, 5.41) is 6.63. The first-order valence-corrected chi connectivity index (χ1v) is 9.05. The summed E-state index contributed by atoms with van der Waals surface area (Å²) in [4.78, 5) is 31.7. The van der Waals surface area contributed by atoms with Crippen LogP contribution in [0.3, 0.4) is 0 Å². The molecule has 0 fully saturated rings. The molecule has 4 rings (SSSR count). The van der Waals surface area contributed by atoms with Crippen molar-refractivity contribution < 1.29 is 18.5 Å². The first-order valence-electron chi connectivity index (χ1n) is 9.05. The summed E-state index contributed by atoms with van der Waals surface area (Å²) in [6.45, 7) is 3.81. The zero-order valence-electron chi connectivity index (χ0n) is 15.6. The van der Waals surface area contributed by atoms with Crippen LogP contribution in [-0.2, 0) is 17.8 Å². The van der Waals surface area contributed by atoms with Crippen molar-refractivity contribution in [3.05, 3.63) is 71.3 Å². The lowest BCUT2D eigenvalue weighted by atomic mass is 9.93. The van der Waals surface area contributed by atoms with Gasteiger partial charge in [0, 0.05) is 13.0 Å². The predicted molar refractivity (Wildman–Crippen MR) is 98.1 cm³/mol. The van der Waals surface area contributed by atoms with Crippen molar-refractivity contribution in [2.75, 3.05) is 0 Å². The van der Waals surface area contributed by atoms with Gasteiger partial charge in [0.1, 0.15) is 12.1 Å². The van der Waals surface area contributed by atoms with E-state index >= 15 is 0 Å². The molecule has 2 atom stereocenters. The second-order valence-electron chi connectivity index (χ2n) is 6.81. The van der Waals surface area contributed by atoms with Crippen molar-refractivity contribution in [1.29, 1.82) is 0 Å². The SMILES string of the molecule is Cc1noc(C(C)NC(=O)C2Cc3ccccc3CN2C(=O)c2ccco2)n1. The molecule has 1 N–H and O–H groups in total. The summed E-state index contributed by atoms with van der Waals surface area (Å²) < 4.78 is 10.4. The second-order valence-corrected chi connectivity index (χ2v) is 6.81. The maximum Gasteiger partial charge on any atom is 0.290 e. The molecule has 0 aliphatic carbocycles. The summed E-state index contributed by atoms with van der Waals surface area (Å²) in [7, 11) is 0. The van der Waals surface area contributed by atoms with Crippen LogP contribution in [0.25, 0.3) is 0 Å². The quantitative estimate of drug-likeness (QED) is 0.746. The Kier molecular flexibility index (Phi) is 4.68. The number of nitrogens with zero attached hydrogens (tertiary/aromatic N) is 3. The maximum atomic E-state index is 13.1. The summed E-state index contributed by atoms with van der Waals surface area (Å²) >= 11 is 0. The van der Waals surface area contributed by atoms with Gasteiger partial charge in [-0.2, -0.15) is 4.98 Å². The molecule has 2 amide bonds. The van der Waals surface area contributed by atoms with Gasteiger partial charge in [-0.3, -0.25) is 9.59 Å². The standard InChI is InChI=1S/C20H20N4O4/c1-12(19-22-13(2)23-28-19)21-18(25)16-10-14-6-3-4-7-15(14)11-24(16)20(26)17-8-5-9-27-17/h3-9,12,16H,10-11H2,1-2H3,(H,21,25). The molecule has 2 aromatic heterocycles. The fourth-order valence-corrected chi connectivity index (χ4v) is 3.37. The van der Waals surface area contributed by atoms with Crippen LogP contribution in [0.1, 0.15) is 46.4 Å². The normalized spacial score (nSPS) is 17.1. The van der Waals surface area contributed by atoms with Crippen LogP contribution in [0.15, 0.2) is 51.6 Å². The van der Waals surface area contributed by atoms with E-state index in [2.05, 4.69) is 15.5 Å². The van der Waals surface area contributed by atoms with Gasteiger partial charge in [-0.1, -0.05) is 29.4 Å². The molecule has 28 heavy (non-hydrogen) atoms. The smallest absolute Gasteiger partial charge is 0.290 e. The average molecular weight is 380 g/mol. The monoisotopic (exact) mass is 380 g/mol. The van der Waals surface area contributed by atoms with Crippen molar-refractivity contribution in [3.8, 4) is 0 Å². The fraction of sp³-hybridized carbons (Fsp3) is 0.300. The molecular formula is C20H20N4O4. The Bertz CT molecular complexity index is 995. The molecule has 0 saturated heterocycles. The van der Waals surface area contributed by atoms with E-state index in [-0.39, 0.29) is 17.6 Å². The lowest BCUT2D eigenvalue weighted by Crippen LogP contribution is -2.52. The molecule has 8 heteroatoms. The highest BCUT2D eigenvalue weighted by molar-refractivity contribution is 5.96. The predicted octanol–water partition coefficient (Wildman–Crippen LogP) is 2.42. The first kappa shape index (κ1) is 18.0. The molecule has 0 saturated carbocycles. The van der Waals surface area contributed by atoms with E-state index in [0.717, 1.165) is 11.1 Å². The van der Waals surface area contributed by atoms with Crippen molar-refractivity contribution in [2.24, 2.45) is 0 Å². The van der Waals surface area contributed by atoms with E-state index < -0.39 is 12.1 Å².